The van der Waals surface area contributed by atoms with Crippen molar-refractivity contribution in [3.63, 3.8) is 0 Å². The van der Waals surface area contributed by atoms with Crippen molar-refractivity contribution in [1.82, 2.24) is 20.2 Å². The fraction of sp³-hybridized carbons (Fsp3) is 0.400. The molecule has 2 heterocycles. The Bertz CT molecular complexity index is 596. The number of nitrogens with two attached hydrogens (primary N) is 1. The van der Waals surface area contributed by atoms with E-state index in [0.29, 0.717) is 16.0 Å². The molecule has 0 aliphatic rings. The number of rotatable bonds is 6. The van der Waals surface area contributed by atoms with E-state index in [1.807, 2.05) is 0 Å². The van der Waals surface area contributed by atoms with Gasteiger partial charge in [0.25, 0.3) is 5.56 Å². The maximum atomic E-state index is 11.5. The van der Waals surface area contributed by atoms with E-state index < -0.39 is 0 Å². The van der Waals surface area contributed by atoms with E-state index in [-0.39, 0.29) is 5.56 Å². The number of nitrogen functional groups attached to an aromatic ring is 1. The highest BCUT2D eigenvalue weighted by molar-refractivity contribution is 7.98. The van der Waals surface area contributed by atoms with Gasteiger partial charge in [0.05, 0.1) is 5.75 Å². The molecule has 0 aliphatic heterocycles. The van der Waals surface area contributed by atoms with Gasteiger partial charge < -0.3 is 4.98 Å². The van der Waals surface area contributed by atoms with Gasteiger partial charge in [-0.3, -0.25) is 10.2 Å². The van der Waals surface area contributed by atoms with Gasteiger partial charge in [0, 0.05) is 11.8 Å². The summed E-state index contributed by atoms with van der Waals surface area (Å²) in [7, 11) is 0. The van der Waals surface area contributed by atoms with E-state index in [0.717, 1.165) is 23.5 Å². The second-order valence-electron chi connectivity index (χ2n) is 3.73. The second kappa shape index (κ2) is 6.64. The van der Waals surface area contributed by atoms with Crippen molar-refractivity contribution in [3.8, 4) is 0 Å². The van der Waals surface area contributed by atoms with E-state index >= 15 is 0 Å². The third-order valence-electron chi connectivity index (χ3n) is 2.20. The number of hydrogen-bond acceptors (Lipinski definition) is 8. The maximum Gasteiger partial charge on any atom is 0.251 e. The highest BCUT2D eigenvalue weighted by atomic mass is 32.2. The van der Waals surface area contributed by atoms with E-state index in [9.17, 15) is 4.79 Å². The van der Waals surface area contributed by atoms with Gasteiger partial charge in [-0.15, -0.1) is 10.2 Å². The molecule has 4 N–H and O–H groups in total. The summed E-state index contributed by atoms with van der Waals surface area (Å²) in [6.45, 7) is 2.05. The smallest absolute Gasteiger partial charge is 0.251 e. The van der Waals surface area contributed by atoms with Crippen molar-refractivity contribution in [2.45, 2.75) is 30.7 Å². The first kappa shape index (κ1) is 14.0. The molecule has 0 aromatic carbocycles. The third-order valence-corrected chi connectivity index (χ3v) is 4.12. The van der Waals surface area contributed by atoms with Crippen LogP contribution in [-0.4, -0.2) is 20.2 Å². The van der Waals surface area contributed by atoms with Crippen LogP contribution in [0.3, 0.4) is 0 Å². The van der Waals surface area contributed by atoms with Crippen LogP contribution in [-0.2, 0) is 12.2 Å². The van der Waals surface area contributed by atoms with Gasteiger partial charge in [-0.05, 0) is 6.42 Å². The van der Waals surface area contributed by atoms with Gasteiger partial charge in [0.1, 0.15) is 5.01 Å². The van der Waals surface area contributed by atoms with Gasteiger partial charge >= 0.3 is 0 Å². The fourth-order valence-electron chi connectivity index (χ4n) is 1.44. The first-order valence-electron chi connectivity index (χ1n) is 5.73. The van der Waals surface area contributed by atoms with Gasteiger partial charge in [-0.1, -0.05) is 36.4 Å². The summed E-state index contributed by atoms with van der Waals surface area (Å²) in [4.78, 5) is 18.6. The molecule has 0 saturated heterocycles. The normalized spacial score (nSPS) is 10.6. The summed E-state index contributed by atoms with van der Waals surface area (Å²) in [5.41, 5.74) is 3.14. The van der Waals surface area contributed by atoms with Gasteiger partial charge in [-0.2, -0.15) is 0 Å². The predicted molar refractivity (Wildman–Crippen MR) is 76.1 cm³/mol. The van der Waals surface area contributed by atoms with Crippen LogP contribution in [0.25, 0.3) is 0 Å². The minimum Gasteiger partial charge on any atom is -0.301 e. The summed E-state index contributed by atoms with van der Waals surface area (Å²) >= 11 is 2.80. The van der Waals surface area contributed by atoms with E-state index in [1.165, 1.54) is 29.2 Å². The number of H-pyrrole nitrogens is 1. The number of nitrogens with one attached hydrogen (secondary N) is 2. The minimum absolute atomic E-state index is 0.123. The molecule has 19 heavy (non-hydrogen) atoms. The lowest BCUT2D eigenvalue weighted by Gasteiger charge is -2.01. The Morgan fingerprint density at radius 2 is 2.37 bits per heavy atom. The topological polar surface area (TPSA) is 110 Å². The molecule has 9 heteroatoms. The van der Waals surface area contributed by atoms with E-state index in [4.69, 9.17) is 5.84 Å². The highest BCUT2D eigenvalue weighted by Crippen LogP contribution is 2.22. The molecule has 2 rings (SSSR count). The van der Waals surface area contributed by atoms with Crippen LogP contribution in [0.5, 0.6) is 0 Å². The van der Waals surface area contributed by atoms with Crippen LogP contribution in [0.15, 0.2) is 16.0 Å². The monoisotopic (exact) mass is 298 g/mol. The van der Waals surface area contributed by atoms with Gasteiger partial charge in [0.15, 0.2) is 5.16 Å². The molecule has 7 nitrogen and oxygen atoms in total. The largest absolute Gasteiger partial charge is 0.301 e. The van der Waals surface area contributed by atoms with Gasteiger partial charge in [-0.25, -0.2) is 10.8 Å². The summed E-state index contributed by atoms with van der Waals surface area (Å²) in [5.74, 6) is 5.83. The Hall–Kier alpha value is -1.45. The van der Waals surface area contributed by atoms with E-state index in [2.05, 4.69) is 32.5 Å². The zero-order valence-corrected chi connectivity index (χ0v) is 12.0. The third kappa shape index (κ3) is 4.01. The molecule has 0 saturated carbocycles. The van der Waals surface area contributed by atoms with Crippen molar-refractivity contribution in [2.24, 2.45) is 5.84 Å². The van der Waals surface area contributed by atoms with Crippen molar-refractivity contribution < 1.29 is 0 Å². The number of thioether (sulfide) groups is 1. The Morgan fingerprint density at radius 3 is 3.05 bits per heavy atom. The fourth-order valence-corrected chi connectivity index (χ4v) is 2.97. The highest BCUT2D eigenvalue weighted by Gasteiger charge is 2.06. The lowest BCUT2D eigenvalue weighted by Crippen LogP contribution is -2.09. The van der Waals surface area contributed by atoms with Gasteiger partial charge in [0.2, 0.25) is 5.13 Å². The lowest BCUT2D eigenvalue weighted by molar-refractivity contribution is 0.815. The summed E-state index contributed by atoms with van der Waals surface area (Å²) < 4.78 is 0. The van der Waals surface area contributed by atoms with Crippen LogP contribution < -0.4 is 16.8 Å². The Balaban J connectivity index is 2.04. The van der Waals surface area contributed by atoms with Crippen LogP contribution in [0, 0.1) is 0 Å². The standard InChI is InChI=1S/C10H14N6OS2/c1-2-3-6-4-7(17)13-9(12-6)18-5-8-15-16-10(14-11)19-8/h4H,2-3,5,11H2,1H3,(H,14,16)(H,12,13,17). The first-order valence-corrected chi connectivity index (χ1v) is 7.53. The predicted octanol–water partition coefficient (Wildman–Crippen LogP) is 1.15. The molecule has 0 aliphatic carbocycles. The molecule has 0 radical (unpaired) electrons. The molecule has 0 bridgehead atoms. The molecular weight excluding hydrogens is 284 g/mol. The maximum absolute atomic E-state index is 11.5. The molecule has 2 aromatic heterocycles. The number of anilines is 1. The molecule has 0 unspecified atom stereocenters. The number of hydrogen-bond donors (Lipinski definition) is 3. The van der Waals surface area contributed by atoms with Crippen LogP contribution in [0.2, 0.25) is 0 Å². The average molecular weight is 298 g/mol. The number of aryl methyl sites for hydroxylation is 1. The number of nitrogens with zero attached hydrogens (tertiary/aromatic N) is 3. The number of hydrazine groups is 1. The average Bonchev–Trinajstić information content (AvgIpc) is 2.84. The van der Waals surface area contributed by atoms with Crippen molar-refractivity contribution in [2.75, 3.05) is 5.43 Å². The second-order valence-corrected chi connectivity index (χ2v) is 5.75. The lowest BCUT2D eigenvalue weighted by atomic mass is 10.2. The Kier molecular flexibility index (Phi) is 4.88. The molecule has 0 fully saturated rings. The zero-order chi connectivity index (χ0) is 13.7. The summed E-state index contributed by atoms with van der Waals surface area (Å²) in [5, 5.41) is 9.80. The Labute approximate surface area is 118 Å². The first-order chi connectivity index (χ1) is 9.21. The molecule has 0 atom stereocenters. The molecule has 102 valence electrons. The summed E-state index contributed by atoms with van der Waals surface area (Å²) in [6.07, 6.45) is 1.76. The number of aromatic nitrogens is 4. The SMILES string of the molecule is CCCc1cc(=O)[nH]c(SCc2nnc(NN)s2)n1. The van der Waals surface area contributed by atoms with Crippen molar-refractivity contribution in [3.05, 3.63) is 27.1 Å². The van der Waals surface area contributed by atoms with Crippen LogP contribution in [0.4, 0.5) is 5.13 Å². The minimum atomic E-state index is -0.123. The molecule has 0 amide bonds. The van der Waals surface area contributed by atoms with E-state index in [1.54, 1.807) is 0 Å². The zero-order valence-electron chi connectivity index (χ0n) is 10.3. The van der Waals surface area contributed by atoms with Crippen molar-refractivity contribution >= 4 is 28.2 Å². The van der Waals surface area contributed by atoms with Crippen LogP contribution >= 0.6 is 23.1 Å². The Morgan fingerprint density at radius 1 is 1.53 bits per heavy atom. The van der Waals surface area contributed by atoms with Crippen molar-refractivity contribution in [1.29, 1.82) is 0 Å². The number of aromatic amines is 1. The van der Waals surface area contributed by atoms with Crippen LogP contribution in [0.1, 0.15) is 24.0 Å². The molecule has 2 aromatic rings. The quantitative estimate of drug-likeness (QED) is 0.317. The molecular formula is C10H14N6OS2. The molecule has 0 spiro atoms. The summed E-state index contributed by atoms with van der Waals surface area (Å²) in [6, 6.07) is 1.54.